The number of furan rings is 1. The summed E-state index contributed by atoms with van der Waals surface area (Å²) in [6.07, 6.45) is 4.21. The predicted molar refractivity (Wildman–Crippen MR) is 67.4 cm³/mol. The Morgan fingerprint density at radius 1 is 1.35 bits per heavy atom. The molecule has 0 amide bonds. The molecule has 1 aromatic heterocycles. The predicted octanol–water partition coefficient (Wildman–Crippen LogP) is 3.21. The van der Waals surface area contributed by atoms with E-state index in [2.05, 4.69) is 18.0 Å². The second-order valence-corrected chi connectivity index (χ2v) is 4.66. The summed E-state index contributed by atoms with van der Waals surface area (Å²) in [5, 5.41) is 1.07. The van der Waals surface area contributed by atoms with Crippen LogP contribution < -0.4 is 4.74 Å². The average Bonchev–Trinajstić information content (AvgIpc) is 2.96. The molecule has 3 rings (SSSR count). The van der Waals surface area contributed by atoms with Crippen molar-refractivity contribution in [2.75, 3.05) is 20.7 Å². The number of hydrogen-bond acceptors (Lipinski definition) is 3. The van der Waals surface area contributed by atoms with Gasteiger partial charge in [0.2, 0.25) is 0 Å². The molecule has 3 nitrogen and oxygen atoms in total. The van der Waals surface area contributed by atoms with Crippen LogP contribution in [0.3, 0.4) is 0 Å². The van der Waals surface area contributed by atoms with Crippen LogP contribution in [0.5, 0.6) is 5.75 Å². The number of nitrogens with zero attached hydrogens (tertiary/aromatic N) is 1. The third-order valence-corrected chi connectivity index (χ3v) is 3.71. The highest BCUT2D eigenvalue weighted by molar-refractivity contribution is 5.87. The molecule has 0 unspecified atom stereocenters. The maximum atomic E-state index is 5.65. The van der Waals surface area contributed by atoms with Crippen molar-refractivity contribution >= 4 is 11.0 Å². The molecular formula is C14H17NO2. The van der Waals surface area contributed by atoms with E-state index < -0.39 is 0 Å². The Hall–Kier alpha value is -1.48. The van der Waals surface area contributed by atoms with Crippen molar-refractivity contribution in [1.82, 2.24) is 4.90 Å². The standard InChI is InChI=1S/C14H17NO2/c1-15-8-3-4-12(15)10-5-6-13(16-2)11-7-9-17-14(10)11/h5-7,9,12H,3-4,8H2,1-2H3/t12-/m0/s1. The number of ether oxygens (including phenoxy) is 1. The van der Waals surface area contributed by atoms with Crippen LogP contribution in [0.1, 0.15) is 24.4 Å². The topological polar surface area (TPSA) is 25.6 Å². The van der Waals surface area contributed by atoms with Gasteiger partial charge < -0.3 is 9.15 Å². The molecule has 1 aromatic carbocycles. The Morgan fingerprint density at radius 3 is 2.94 bits per heavy atom. The van der Waals surface area contributed by atoms with Gasteiger partial charge >= 0.3 is 0 Å². The van der Waals surface area contributed by atoms with Crippen molar-refractivity contribution in [3.8, 4) is 5.75 Å². The van der Waals surface area contributed by atoms with Crippen molar-refractivity contribution in [3.63, 3.8) is 0 Å². The number of rotatable bonds is 2. The molecule has 1 saturated heterocycles. The number of benzene rings is 1. The quantitative estimate of drug-likeness (QED) is 0.793. The van der Waals surface area contributed by atoms with Crippen LogP contribution in [0.4, 0.5) is 0 Å². The van der Waals surface area contributed by atoms with E-state index in [-0.39, 0.29) is 0 Å². The number of hydrogen-bond donors (Lipinski definition) is 0. The van der Waals surface area contributed by atoms with Gasteiger partial charge in [-0.2, -0.15) is 0 Å². The first-order chi connectivity index (χ1) is 8.31. The number of methoxy groups -OCH3 is 1. The van der Waals surface area contributed by atoms with Crippen molar-refractivity contribution in [2.45, 2.75) is 18.9 Å². The van der Waals surface area contributed by atoms with Gasteiger partial charge in [0.1, 0.15) is 11.3 Å². The van der Waals surface area contributed by atoms with Gasteiger partial charge in [-0.05, 0) is 44.6 Å². The normalized spacial score (nSPS) is 21.2. The molecule has 2 aromatic rings. The molecule has 1 atom stereocenters. The number of likely N-dealkylation sites (tertiary alicyclic amines) is 1. The van der Waals surface area contributed by atoms with E-state index >= 15 is 0 Å². The van der Waals surface area contributed by atoms with E-state index in [1.54, 1.807) is 13.4 Å². The maximum absolute atomic E-state index is 5.65. The van der Waals surface area contributed by atoms with Gasteiger partial charge in [-0.1, -0.05) is 0 Å². The van der Waals surface area contributed by atoms with Crippen LogP contribution in [-0.2, 0) is 0 Å². The van der Waals surface area contributed by atoms with Crippen molar-refractivity contribution in [2.24, 2.45) is 0 Å². The SMILES string of the molecule is COc1ccc([C@@H]2CCCN2C)c2occc12. The van der Waals surface area contributed by atoms with Crippen molar-refractivity contribution in [3.05, 3.63) is 30.0 Å². The summed E-state index contributed by atoms with van der Waals surface area (Å²) in [5.41, 5.74) is 2.26. The smallest absolute Gasteiger partial charge is 0.142 e. The second kappa shape index (κ2) is 4.08. The zero-order valence-electron chi connectivity index (χ0n) is 10.3. The first-order valence-electron chi connectivity index (χ1n) is 6.05. The van der Waals surface area contributed by atoms with E-state index in [1.807, 2.05) is 12.1 Å². The number of fused-ring (bicyclic) bond motifs is 1. The van der Waals surface area contributed by atoms with Crippen LogP contribution in [0.15, 0.2) is 28.9 Å². The summed E-state index contributed by atoms with van der Waals surface area (Å²) in [6.45, 7) is 1.17. The van der Waals surface area contributed by atoms with Gasteiger partial charge in [-0.3, -0.25) is 4.90 Å². The van der Waals surface area contributed by atoms with Gasteiger partial charge in [0.25, 0.3) is 0 Å². The highest BCUT2D eigenvalue weighted by Gasteiger charge is 2.25. The van der Waals surface area contributed by atoms with E-state index in [9.17, 15) is 0 Å². The van der Waals surface area contributed by atoms with Crippen LogP contribution in [0, 0.1) is 0 Å². The van der Waals surface area contributed by atoms with Crippen molar-refractivity contribution < 1.29 is 9.15 Å². The lowest BCUT2D eigenvalue weighted by Gasteiger charge is -2.20. The Balaban J connectivity index is 2.14. The lowest BCUT2D eigenvalue weighted by Crippen LogP contribution is -2.17. The third-order valence-electron chi connectivity index (χ3n) is 3.71. The molecule has 1 aliphatic heterocycles. The minimum atomic E-state index is 0.481. The van der Waals surface area contributed by atoms with E-state index in [0.29, 0.717) is 6.04 Å². The fourth-order valence-electron chi connectivity index (χ4n) is 2.80. The first-order valence-corrected chi connectivity index (χ1v) is 6.05. The minimum absolute atomic E-state index is 0.481. The van der Waals surface area contributed by atoms with Crippen LogP contribution in [-0.4, -0.2) is 25.6 Å². The van der Waals surface area contributed by atoms with E-state index in [1.165, 1.54) is 24.9 Å². The largest absolute Gasteiger partial charge is 0.496 e. The average molecular weight is 231 g/mol. The van der Waals surface area contributed by atoms with E-state index in [4.69, 9.17) is 9.15 Å². The summed E-state index contributed by atoms with van der Waals surface area (Å²) in [7, 11) is 3.87. The molecule has 17 heavy (non-hydrogen) atoms. The second-order valence-electron chi connectivity index (χ2n) is 4.66. The van der Waals surface area contributed by atoms with Gasteiger partial charge in [-0.15, -0.1) is 0 Å². The lowest BCUT2D eigenvalue weighted by atomic mass is 10.0. The summed E-state index contributed by atoms with van der Waals surface area (Å²) in [5.74, 6) is 0.887. The highest BCUT2D eigenvalue weighted by Crippen LogP contribution is 2.38. The van der Waals surface area contributed by atoms with Gasteiger partial charge in [0.15, 0.2) is 0 Å². The summed E-state index contributed by atoms with van der Waals surface area (Å²) in [4.78, 5) is 2.39. The van der Waals surface area contributed by atoms with Crippen LogP contribution >= 0.6 is 0 Å². The van der Waals surface area contributed by atoms with Crippen LogP contribution in [0.25, 0.3) is 11.0 Å². The fourth-order valence-corrected chi connectivity index (χ4v) is 2.80. The highest BCUT2D eigenvalue weighted by atomic mass is 16.5. The Kier molecular flexibility index (Phi) is 2.56. The Morgan fingerprint density at radius 2 is 2.24 bits per heavy atom. The van der Waals surface area contributed by atoms with E-state index in [0.717, 1.165) is 16.7 Å². The molecule has 0 bridgehead atoms. The molecular weight excluding hydrogens is 214 g/mol. The zero-order valence-corrected chi connectivity index (χ0v) is 10.3. The minimum Gasteiger partial charge on any atom is -0.496 e. The molecule has 0 saturated carbocycles. The van der Waals surface area contributed by atoms with Crippen molar-refractivity contribution in [1.29, 1.82) is 0 Å². The molecule has 1 aliphatic rings. The first kappa shape index (κ1) is 10.7. The molecule has 3 heteroatoms. The summed E-state index contributed by atoms with van der Waals surface area (Å²) >= 11 is 0. The summed E-state index contributed by atoms with van der Waals surface area (Å²) < 4.78 is 11.0. The van der Waals surface area contributed by atoms with Gasteiger partial charge in [-0.25, -0.2) is 0 Å². The van der Waals surface area contributed by atoms with Crippen LogP contribution in [0.2, 0.25) is 0 Å². The molecule has 0 N–H and O–H groups in total. The molecule has 90 valence electrons. The third kappa shape index (κ3) is 1.62. The Labute approximate surface area is 101 Å². The Bertz CT molecular complexity index is 532. The molecule has 0 aliphatic carbocycles. The fraction of sp³-hybridized carbons (Fsp3) is 0.429. The maximum Gasteiger partial charge on any atom is 0.142 e. The molecule has 0 spiro atoms. The summed E-state index contributed by atoms with van der Waals surface area (Å²) in [6, 6.07) is 6.64. The monoisotopic (exact) mass is 231 g/mol. The van der Waals surface area contributed by atoms with Gasteiger partial charge in [0.05, 0.1) is 18.8 Å². The molecule has 0 radical (unpaired) electrons. The molecule has 2 heterocycles. The zero-order chi connectivity index (χ0) is 11.8. The lowest BCUT2D eigenvalue weighted by molar-refractivity contribution is 0.317. The molecule has 1 fully saturated rings. The van der Waals surface area contributed by atoms with Gasteiger partial charge in [0, 0.05) is 11.6 Å².